The maximum Gasteiger partial charge on any atom is 0.139 e. The fraction of sp³-hybridized carbons (Fsp3) is 0.545. The Labute approximate surface area is 102 Å². The molecule has 0 radical (unpaired) electrons. The van der Waals surface area contributed by atoms with Crippen molar-refractivity contribution in [1.29, 1.82) is 0 Å². The number of nitrogens with zero attached hydrogens (tertiary/aromatic N) is 2. The molecule has 0 aromatic carbocycles. The molecule has 1 aliphatic heterocycles. The van der Waals surface area contributed by atoms with Crippen molar-refractivity contribution in [2.75, 3.05) is 25.9 Å². The Kier molecular flexibility index (Phi) is 4.83. The summed E-state index contributed by atoms with van der Waals surface area (Å²) in [5, 5.41) is 0. The van der Waals surface area contributed by atoms with Gasteiger partial charge in [-0.1, -0.05) is 0 Å². The van der Waals surface area contributed by atoms with Crippen molar-refractivity contribution in [3.63, 3.8) is 0 Å². The highest BCUT2D eigenvalue weighted by molar-refractivity contribution is 5.85. The van der Waals surface area contributed by atoms with Crippen LogP contribution < -0.4 is 10.5 Å². The minimum Gasteiger partial charge on any atom is -0.490 e. The fourth-order valence-electron chi connectivity index (χ4n) is 1.90. The summed E-state index contributed by atoms with van der Waals surface area (Å²) in [6, 6.07) is 2.34. The van der Waals surface area contributed by atoms with Crippen LogP contribution in [0.5, 0.6) is 5.75 Å². The van der Waals surface area contributed by atoms with Gasteiger partial charge < -0.3 is 15.4 Å². The van der Waals surface area contributed by atoms with E-state index < -0.39 is 0 Å². The van der Waals surface area contributed by atoms with Gasteiger partial charge in [-0.05, 0) is 26.4 Å². The molecule has 2 rings (SSSR count). The number of likely N-dealkylation sites (tertiary alicyclic amines) is 1. The molecular weight excluding hydrogens is 226 g/mol. The van der Waals surface area contributed by atoms with Crippen LogP contribution >= 0.6 is 12.4 Å². The van der Waals surface area contributed by atoms with Gasteiger partial charge in [0.2, 0.25) is 0 Å². The van der Waals surface area contributed by atoms with Crippen LogP contribution in [0.25, 0.3) is 0 Å². The molecule has 16 heavy (non-hydrogen) atoms. The summed E-state index contributed by atoms with van der Waals surface area (Å²) in [6.07, 6.45) is 5.80. The Morgan fingerprint density at radius 2 is 2.38 bits per heavy atom. The smallest absolute Gasteiger partial charge is 0.139 e. The van der Waals surface area contributed by atoms with Gasteiger partial charge in [0.1, 0.15) is 12.4 Å². The first-order valence-corrected chi connectivity index (χ1v) is 5.29. The van der Waals surface area contributed by atoms with Crippen LogP contribution in [-0.2, 0) is 0 Å². The Hall–Kier alpha value is -1.00. The largest absolute Gasteiger partial charge is 0.490 e. The second-order valence-corrected chi connectivity index (χ2v) is 4.04. The number of rotatable bonds is 3. The third-order valence-electron chi connectivity index (χ3n) is 2.85. The number of hydrogen-bond donors (Lipinski definition) is 1. The molecule has 0 aliphatic carbocycles. The number of likely N-dealkylation sites (N-methyl/N-ethyl adjacent to an activating group) is 1. The minimum atomic E-state index is 0. The van der Waals surface area contributed by atoms with E-state index in [1.807, 2.05) is 6.07 Å². The van der Waals surface area contributed by atoms with Crippen LogP contribution in [0.3, 0.4) is 0 Å². The van der Waals surface area contributed by atoms with Gasteiger partial charge in [0.05, 0.1) is 18.1 Å². The molecule has 5 heteroatoms. The Morgan fingerprint density at radius 3 is 3.00 bits per heavy atom. The average molecular weight is 244 g/mol. The summed E-state index contributed by atoms with van der Waals surface area (Å²) in [5.41, 5.74) is 6.26. The molecule has 1 aromatic rings. The van der Waals surface area contributed by atoms with E-state index in [1.54, 1.807) is 12.4 Å². The molecule has 0 bridgehead atoms. The number of pyridine rings is 1. The minimum absolute atomic E-state index is 0. The average Bonchev–Trinajstić information content (AvgIpc) is 2.61. The molecule has 1 saturated heterocycles. The number of ether oxygens (including phenoxy) is 1. The highest BCUT2D eigenvalue weighted by Crippen LogP contribution is 2.17. The number of anilines is 1. The van der Waals surface area contributed by atoms with Crippen molar-refractivity contribution < 1.29 is 4.74 Å². The molecule has 0 saturated carbocycles. The van der Waals surface area contributed by atoms with E-state index in [4.69, 9.17) is 10.5 Å². The normalized spacial score (nSPS) is 20.4. The van der Waals surface area contributed by atoms with Gasteiger partial charge in [-0.2, -0.15) is 0 Å². The number of aromatic nitrogens is 1. The van der Waals surface area contributed by atoms with E-state index in [9.17, 15) is 0 Å². The van der Waals surface area contributed by atoms with Gasteiger partial charge >= 0.3 is 0 Å². The lowest BCUT2D eigenvalue weighted by Gasteiger charge is -2.19. The first kappa shape index (κ1) is 13.1. The number of nitrogen functional groups attached to an aromatic ring is 1. The molecule has 4 nitrogen and oxygen atoms in total. The van der Waals surface area contributed by atoms with Crippen molar-refractivity contribution in [1.82, 2.24) is 9.88 Å². The number of nitrogens with two attached hydrogens (primary N) is 1. The lowest BCUT2D eigenvalue weighted by molar-refractivity contribution is 0.198. The van der Waals surface area contributed by atoms with Crippen LogP contribution in [0.15, 0.2) is 18.5 Å². The SMILES string of the molecule is CN1CCC[C@H]1COc1cncc(N)c1.Cl. The van der Waals surface area contributed by atoms with Crippen LogP contribution in [0, 0.1) is 0 Å². The summed E-state index contributed by atoms with van der Waals surface area (Å²) >= 11 is 0. The van der Waals surface area contributed by atoms with Crippen molar-refractivity contribution in [2.24, 2.45) is 0 Å². The third kappa shape index (κ3) is 3.25. The lowest BCUT2D eigenvalue weighted by atomic mass is 10.2. The predicted molar refractivity (Wildman–Crippen MR) is 67.0 cm³/mol. The molecule has 2 N–H and O–H groups in total. The predicted octanol–water partition coefficient (Wildman–Crippen LogP) is 1.56. The zero-order valence-corrected chi connectivity index (χ0v) is 10.2. The lowest BCUT2D eigenvalue weighted by Crippen LogP contribution is -2.30. The maximum atomic E-state index is 5.66. The summed E-state index contributed by atoms with van der Waals surface area (Å²) in [7, 11) is 2.14. The van der Waals surface area contributed by atoms with Gasteiger partial charge in [-0.3, -0.25) is 4.98 Å². The standard InChI is InChI=1S/C11H17N3O.ClH/c1-14-4-2-3-10(14)8-15-11-5-9(12)6-13-7-11;/h5-7,10H,2-4,8,12H2,1H3;1H/t10-;/m0./s1. The van der Waals surface area contributed by atoms with Gasteiger partial charge in [-0.15, -0.1) is 12.4 Å². The molecular formula is C11H18ClN3O. The Balaban J connectivity index is 0.00000128. The van der Waals surface area contributed by atoms with E-state index in [0.29, 0.717) is 11.7 Å². The summed E-state index contributed by atoms with van der Waals surface area (Å²) in [6.45, 7) is 1.89. The van der Waals surface area contributed by atoms with E-state index in [0.717, 1.165) is 12.4 Å². The van der Waals surface area contributed by atoms with Crippen molar-refractivity contribution in [3.8, 4) is 5.75 Å². The summed E-state index contributed by atoms with van der Waals surface area (Å²) < 4.78 is 5.66. The van der Waals surface area contributed by atoms with Crippen LogP contribution in [0.1, 0.15) is 12.8 Å². The molecule has 0 amide bonds. The number of hydrogen-bond acceptors (Lipinski definition) is 4. The van der Waals surface area contributed by atoms with Crippen LogP contribution in [-0.4, -0.2) is 36.1 Å². The molecule has 0 unspecified atom stereocenters. The molecule has 90 valence electrons. The molecule has 1 aliphatic rings. The van der Waals surface area contributed by atoms with Gasteiger partial charge in [-0.25, -0.2) is 0 Å². The van der Waals surface area contributed by atoms with Crippen molar-refractivity contribution in [3.05, 3.63) is 18.5 Å². The van der Waals surface area contributed by atoms with E-state index in [-0.39, 0.29) is 12.4 Å². The Bertz CT molecular complexity index is 335. The van der Waals surface area contributed by atoms with Gasteiger partial charge in [0.15, 0.2) is 0 Å². The summed E-state index contributed by atoms with van der Waals surface area (Å²) in [4.78, 5) is 6.32. The van der Waals surface area contributed by atoms with Crippen molar-refractivity contribution in [2.45, 2.75) is 18.9 Å². The van der Waals surface area contributed by atoms with E-state index in [1.165, 1.54) is 19.4 Å². The number of halogens is 1. The zero-order valence-electron chi connectivity index (χ0n) is 9.43. The van der Waals surface area contributed by atoms with Crippen molar-refractivity contribution >= 4 is 18.1 Å². The van der Waals surface area contributed by atoms with Crippen LogP contribution in [0.4, 0.5) is 5.69 Å². The molecule has 1 aromatic heterocycles. The van der Waals surface area contributed by atoms with Gasteiger partial charge in [0, 0.05) is 12.1 Å². The Morgan fingerprint density at radius 1 is 1.56 bits per heavy atom. The van der Waals surface area contributed by atoms with Crippen LogP contribution in [0.2, 0.25) is 0 Å². The maximum absolute atomic E-state index is 5.66. The second kappa shape index (κ2) is 5.92. The first-order chi connectivity index (χ1) is 7.25. The van der Waals surface area contributed by atoms with Gasteiger partial charge in [0.25, 0.3) is 0 Å². The molecule has 1 atom stereocenters. The molecule has 1 fully saturated rings. The topological polar surface area (TPSA) is 51.4 Å². The second-order valence-electron chi connectivity index (χ2n) is 4.04. The highest BCUT2D eigenvalue weighted by Gasteiger charge is 2.21. The monoisotopic (exact) mass is 243 g/mol. The zero-order chi connectivity index (χ0) is 10.7. The van der Waals surface area contributed by atoms with E-state index in [2.05, 4.69) is 16.9 Å². The summed E-state index contributed by atoms with van der Waals surface area (Å²) in [5.74, 6) is 0.760. The quantitative estimate of drug-likeness (QED) is 0.876. The van der Waals surface area contributed by atoms with E-state index >= 15 is 0 Å². The first-order valence-electron chi connectivity index (χ1n) is 5.29. The highest BCUT2D eigenvalue weighted by atomic mass is 35.5. The fourth-order valence-corrected chi connectivity index (χ4v) is 1.90. The molecule has 0 spiro atoms. The third-order valence-corrected chi connectivity index (χ3v) is 2.85. The molecule has 2 heterocycles.